The molecule has 0 aliphatic carbocycles. The molecule has 1 aliphatic heterocycles. The molecule has 1 fully saturated rings. The van der Waals surface area contributed by atoms with E-state index < -0.39 is 4.92 Å². The molecule has 0 spiro atoms. The maximum absolute atomic E-state index is 10.7. The minimum Gasteiger partial charge on any atom is -0.356 e. The van der Waals surface area contributed by atoms with Crippen LogP contribution in [0.15, 0.2) is 48.5 Å². The predicted octanol–water partition coefficient (Wildman–Crippen LogP) is 3.65. The van der Waals surface area contributed by atoms with Crippen molar-refractivity contribution < 1.29 is 9.66 Å². The first-order valence-corrected chi connectivity index (χ1v) is 7.35. The number of non-ortho nitro benzene ring substituents is 1. The van der Waals surface area contributed by atoms with Gasteiger partial charge in [-0.2, -0.15) is 0 Å². The van der Waals surface area contributed by atoms with E-state index in [9.17, 15) is 10.1 Å². The van der Waals surface area contributed by atoms with Crippen molar-refractivity contribution in [1.82, 2.24) is 0 Å². The van der Waals surface area contributed by atoms with Crippen molar-refractivity contribution in [1.29, 1.82) is 0 Å². The standard InChI is InChI=1S/C16H15ClN2O3/c17-15-9-13(19(20)21)6-7-16(15)18-10-14(22-11-18)8-12-4-2-1-3-5-12/h1-7,9,14H,8,10-11H2. The zero-order valence-corrected chi connectivity index (χ0v) is 12.6. The number of nitro groups is 1. The molecule has 114 valence electrons. The lowest BCUT2D eigenvalue weighted by atomic mass is 10.1. The van der Waals surface area contributed by atoms with Crippen molar-refractivity contribution in [2.75, 3.05) is 18.2 Å². The fraction of sp³-hybridized carbons (Fsp3) is 0.250. The Morgan fingerprint density at radius 2 is 2.05 bits per heavy atom. The molecule has 0 saturated carbocycles. The van der Waals surface area contributed by atoms with Crippen molar-refractivity contribution in [3.05, 3.63) is 69.2 Å². The molecule has 1 unspecified atom stereocenters. The number of hydrogen-bond acceptors (Lipinski definition) is 4. The summed E-state index contributed by atoms with van der Waals surface area (Å²) in [5.41, 5.74) is 1.99. The average molecular weight is 319 g/mol. The van der Waals surface area contributed by atoms with Crippen molar-refractivity contribution in [2.45, 2.75) is 12.5 Å². The smallest absolute Gasteiger partial charge is 0.271 e. The van der Waals surface area contributed by atoms with E-state index >= 15 is 0 Å². The lowest BCUT2D eigenvalue weighted by Gasteiger charge is -2.17. The Hall–Kier alpha value is -2.11. The molecule has 0 N–H and O–H groups in total. The Morgan fingerprint density at radius 1 is 1.27 bits per heavy atom. The van der Waals surface area contributed by atoms with Gasteiger partial charge in [0.15, 0.2) is 0 Å². The first kappa shape index (κ1) is 14.8. The van der Waals surface area contributed by atoms with Crippen LogP contribution < -0.4 is 4.90 Å². The minimum absolute atomic E-state index is 0.00491. The highest BCUT2D eigenvalue weighted by Gasteiger charge is 2.25. The van der Waals surface area contributed by atoms with Gasteiger partial charge in [-0.1, -0.05) is 41.9 Å². The summed E-state index contributed by atoms with van der Waals surface area (Å²) in [6, 6.07) is 14.7. The van der Waals surface area contributed by atoms with Crippen LogP contribution in [0.2, 0.25) is 5.02 Å². The average Bonchev–Trinajstić information content (AvgIpc) is 2.96. The molecule has 0 aromatic heterocycles. The van der Waals surface area contributed by atoms with Gasteiger partial charge < -0.3 is 9.64 Å². The van der Waals surface area contributed by atoms with Gasteiger partial charge in [-0.05, 0) is 11.6 Å². The third-order valence-electron chi connectivity index (χ3n) is 3.68. The lowest BCUT2D eigenvalue weighted by molar-refractivity contribution is -0.384. The van der Waals surface area contributed by atoms with Gasteiger partial charge in [-0.25, -0.2) is 0 Å². The van der Waals surface area contributed by atoms with E-state index in [-0.39, 0.29) is 11.8 Å². The Bertz CT molecular complexity index is 678. The van der Waals surface area contributed by atoms with E-state index in [2.05, 4.69) is 12.1 Å². The molecule has 1 atom stereocenters. The number of hydrogen-bond donors (Lipinski definition) is 0. The van der Waals surface area contributed by atoms with E-state index in [1.54, 1.807) is 6.07 Å². The molecule has 6 heteroatoms. The number of rotatable bonds is 4. The van der Waals surface area contributed by atoms with Crippen LogP contribution in [0.1, 0.15) is 5.56 Å². The summed E-state index contributed by atoms with van der Waals surface area (Å²) in [4.78, 5) is 12.3. The van der Waals surface area contributed by atoms with Crippen molar-refractivity contribution in [3.63, 3.8) is 0 Å². The second-order valence-corrected chi connectivity index (χ2v) is 5.63. The van der Waals surface area contributed by atoms with Crippen LogP contribution in [0.3, 0.4) is 0 Å². The molecule has 2 aromatic rings. The monoisotopic (exact) mass is 318 g/mol. The van der Waals surface area contributed by atoms with E-state index in [4.69, 9.17) is 16.3 Å². The number of ether oxygens (including phenoxy) is 1. The third kappa shape index (κ3) is 3.21. The number of anilines is 1. The molecule has 0 amide bonds. The number of nitrogens with zero attached hydrogens (tertiary/aromatic N) is 2. The maximum atomic E-state index is 10.7. The Morgan fingerprint density at radius 3 is 2.73 bits per heavy atom. The first-order chi connectivity index (χ1) is 10.6. The van der Waals surface area contributed by atoms with Gasteiger partial charge >= 0.3 is 0 Å². The van der Waals surface area contributed by atoms with E-state index in [0.717, 1.165) is 12.1 Å². The van der Waals surface area contributed by atoms with E-state index in [1.807, 2.05) is 23.1 Å². The summed E-state index contributed by atoms with van der Waals surface area (Å²) in [7, 11) is 0. The summed E-state index contributed by atoms with van der Waals surface area (Å²) in [5, 5.41) is 11.1. The number of halogens is 1. The molecule has 1 aliphatic rings. The van der Waals surface area contributed by atoms with E-state index in [1.165, 1.54) is 17.7 Å². The first-order valence-electron chi connectivity index (χ1n) is 6.98. The van der Waals surface area contributed by atoms with Crippen LogP contribution in [-0.4, -0.2) is 24.3 Å². The molecule has 1 heterocycles. The Kier molecular flexibility index (Phi) is 4.27. The SMILES string of the molecule is O=[N+]([O-])c1ccc(N2COC(Cc3ccccc3)C2)c(Cl)c1. The van der Waals surface area contributed by atoms with Gasteiger partial charge in [0.05, 0.1) is 21.7 Å². The second-order valence-electron chi connectivity index (χ2n) is 5.22. The molecular formula is C16H15ClN2O3. The van der Waals surface area contributed by atoms with Crippen molar-refractivity contribution in [2.24, 2.45) is 0 Å². The molecule has 2 aromatic carbocycles. The van der Waals surface area contributed by atoms with Crippen LogP contribution in [-0.2, 0) is 11.2 Å². The normalized spacial score (nSPS) is 17.7. The summed E-state index contributed by atoms with van der Waals surface area (Å²) in [5.74, 6) is 0. The molecule has 3 rings (SSSR count). The van der Waals surface area contributed by atoms with Crippen LogP contribution in [0.4, 0.5) is 11.4 Å². The van der Waals surface area contributed by atoms with Crippen molar-refractivity contribution in [3.8, 4) is 0 Å². The largest absolute Gasteiger partial charge is 0.356 e. The molecular weight excluding hydrogens is 304 g/mol. The van der Waals surface area contributed by atoms with Crippen LogP contribution in [0.25, 0.3) is 0 Å². The molecule has 1 saturated heterocycles. The second kappa shape index (κ2) is 6.34. The topological polar surface area (TPSA) is 55.6 Å². The molecule has 5 nitrogen and oxygen atoms in total. The summed E-state index contributed by atoms with van der Waals surface area (Å²) in [6.45, 7) is 1.15. The van der Waals surface area contributed by atoms with Gasteiger partial charge in [0, 0.05) is 25.1 Å². The Labute approximate surface area is 133 Å². The van der Waals surface area contributed by atoms with Crippen LogP contribution in [0, 0.1) is 10.1 Å². The zero-order valence-electron chi connectivity index (χ0n) is 11.8. The fourth-order valence-corrected chi connectivity index (χ4v) is 2.88. The summed E-state index contributed by atoms with van der Waals surface area (Å²) in [6.07, 6.45) is 0.927. The van der Waals surface area contributed by atoms with Gasteiger partial charge in [-0.3, -0.25) is 10.1 Å². The maximum Gasteiger partial charge on any atom is 0.271 e. The predicted molar refractivity (Wildman–Crippen MR) is 85.3 cm³/mol. The van der Waals surface area contributed by atoms with Gasteiger partial charge in [0.1, 0.15) is 6.73 Å². The van der Waals surface area contributed by atoms with Gasteiger partial charge in [0.25, 0.3) is 5.69 Å². The van der Waals surface area contributed by atoms with Gasteiger partial charge in [-0.15, -0.1) is 0 Å². The highest BCUT2D eigenvalue weighted by atomic mass is 35.5. The van der Waals surface area contributed by atoms with Crippen LogP contribution >= 0.6 is 11.6 Å². The van der Waals surface area contributed by atoms with Crippen molar-refractivity contribution >= 4 is 23.0 Å². The molecule has 0 bridgehead atoms. The molecule has 22 heavy (non-hydrogen) atoms. The highest BCUT2D eigenvalue weighted by molar-refractivity contribution is 6.33. The number of benzene rings is 2. The number of nitro benzene ring substituents is 1. The summed E-state index contributed by atoms with van der Waals surface area (Å²) >= 11 is 6.16. The fourth-order valence-electron chi connectivity index (χ4n) is 2.58. The zero-order chi connectivity index (χ0) is 15.5. The van der Waals surface area contributed by atoms with Gasteiger partial charge in [0.2, 0.25) is 0 Å². The molecule has 0 radical (unpaired) electrons. The minimum atomic E-state index is -0.450. The summed E-state index contributed by atoms with van der Waals surface area (Å²) < 4.78 is 5.79. The lowest BCUT2D eigenvalue weighted by Crippen LogP contribution is -2.22. The highest BCUT2D eigenvalue weighted by Crippen LogP contribution is 2.32. The van der Waals surface area contributed by atoms with E-state index in [0.29, 0.717) is 18.3 Å². The van der Waals surface area contributed by atoms with Crippen LogP contribution in [0.5, 0.6) is 0 Å². The quantitative estimate of drug-likeness (QED) is 0.638. The Balaban J connectivity index is 1.69. The third-order valence-corrected chi connectivity index (χ3v) is 3.98.